The molecular formula is C21H24N2O3. The lowest BCUT2D eigenvalue weighted by molar-refractivity contribution is 0.0521. The number of nitrogens with zero attached hydrogens (tertiary/aromatic N) is 1. The molecule has 2 aromatic rings. The molecule has 1 saturated heterocycles. The summed E-state index contributed by atoms with van der Waals surface area (Å²) in [5.74, 6) is 1.55. The molecule has 0 unspecified atom stereocenters. The monoisotopic (exact) mass is 352 g/mol. The summed E-state index contributed by atoms with van der Waals surface area (Å²) in [5.41, 5.74) is 1.32. The van der Waals surface area contributed by atoms with Gasteiger partial charge in [0.25, 0.3) is 11.8 Å². The van der Waals surface area contributed by atoms with Gasteiger partial charge in [-0.15, -0.1) is 0 Å². The number of rotatable bonds is 3. The van der Waals surface area contributed by atoms with Gasteiger partial charge in [-0.3, -0.25) is 9.59 Å². The summed E-state index contributed by atoms with van der Waals surface area (Å²) in [6.07, 6.45) is 7.83. The van der Waals surface area contributed by atoms with Gasteiger partial charge in [0, 0.05) is 24.3 Å². The maximum atomic E-state index is 12.8. The number of benzene rings is 1. The van der Waals surface area contributed by atoms with Gasteiger partial charge in [0.2, 0.25) is 0 Å². The third-order valence-corrected chi connectivity index (χ3v) is 5.71. The second-order valence-corrected chi connectivity index (χ2v) is 7.35. The second-order valence-electron chi connectivity index (χ2n) is 7.35. The molecule has 1 aromatic carbocycles. The van der Waals surface area contributed by atoms with E-state index in [1.165, 1.54) is 31.9 Å². The lowest BCUT2D eigenvalue weighted by Gasteiger charge is -2.41. The first kappa shape index (κ1) is 16.9. The van der Waals surface area contributed by atoms with Crippen molar-refractivity contribution in [2.75, 3.05) is 18.4 Å². The van der Waals surface area contributed by atoms with Crippen LogP contribution in [0.2, 0.25) is 0 Å². The largest absolute Gasteiger partial charge is 0.459 e. The molecule has 1 aromatic heterocycles. The van der Waals surface area contributed by atoms with E-state index in [9.17, 15) is 9.59 Å². The Kier molecular flexibility index (Phi) is 4.78. The summed E-state index contributed by atoms with van der Waals surface area (Å²) in [6, 6.07) is 10.4. The van der Waals surface area contributed by atoms with Crippen LogP contribution in [0, 0.1) is 11.8 Å². The number of nitrogens with one attached hydrogen (secondary N) is 1. The van der Waals surface area contributed by atoms with Gasteiger partial charge in [0.05, 0.1) is 6.26 Å². The highest BCUT2D eigenvalue weighted by Gasteiger charge is 2.33. The zero-order valence-corrected chi connectivity index (χ0v) is 14.8. The summed E-state index contributed by atoms with van der Waals surface area (Å²) in [7, 11) is 0. The van der Waals surface area contributed by atoms with E-state index < -0.39 is 0 Å². The van der Waals surface area contributed by atoms with Gasteiger partial charge in [-0.05, 0) is 61.1 Å². The highest BCUT2D eigenvalue weighted by atomic mass is 16.3. The molecule has 4 rings (SSSR count). The van der Waals surface area contributed by atoms with Crippen LogP contribution in [-0.2, 0) is 0 Å². The predicted molar refractivity (Wildman–Crippen MR) is 99.1 cm³/mol. The summed E-state index contributed by atoms with van der Waals surface area (Å²) in [5, 5.41) is 2.77. The minimum Gasteiger partial charge on any atom is -0.459 e. The number of carbonyl (C=O) groups excluding carboxylic acids is 2. The van der Waals surface area contributed by atoms with E-state index in [2.05, 4.69) is 5.32 Å². The van der Waals surface area contributed by atoms with Gasteiger partial charge in [0.15, 0.2) is 5.76 Å². The number of anilines is 1. The molecule has 0 radical (unpaired) electrons. The third kappa shape index (κ3) is 3.52. The fourth-order valence-corrected chi connectivity index (χ4v) is 4.26. The van der Waals surface area contributed by atoms with Crippen LogP contribution in [0.1, 0.15) is 53.0 Å². The Morgan fingerprint density at radius 1 is 1.00 bits per heavy atom. The Balaban J connectivity index is 1.38. The van der Waals surface area contributed by atoms with Crippen LogP contribution < -0.4 is 5.32 Å². The van der Waals surface area contributed by atoms with Crippen molar-refractivity contribution in [2.24, 2.45) is 11.8 Å². The number of piperidine rings is 1. The molecule has 2 fully saturated rings. The number of hydrogen-bond donors (Lipinski definition) is 1. The number of likely N-dealkylation sites (tertiary alicyclic amines) is 1. The van der Waals surface area contributed by atoms with E-state index in [1.54, 1.807) is 36.4 Å². The van der Waals surface area contributed by atoms with Crippen LogP contribution in [0.5, 0.6) is 0 Å². The molecule has 2 heterocycles. The van der Waals surface area contributed by atoms with Gasteiger partial charge in [-0.1, -0.05) is 19.3 Å². The Morgan fingerprint density at radius 3 is 2.50 bits per heavy atom. The quantitative estimate of drug-likeness (QED) is 0.901. The van der Waals surface area contributed by atoms with Crippen molar-refractivity contribution in [1.29, 1.82) is 0 Å². The van der Waals surface area contributed by atoms with Gasteiger partial charge in [0.1, 0.15) is 0 Å². The van der Waals surface area contributed by atoms with E-state index in [0.717, 1.165) is 25.4 Å². The molecule has 0 spiro atoms. The molecule has 0 bridgehead atoms. The van der Waals surface area contributed by atoms with Crippen molar-refractivity contribution in [3.63, 3.8) is 0 Å². The molecule has 1 aliphatic heterocycles. The van der Waals surface area contributed by atoms with E-state index in [-0.39, 0.29) is 17.6 Å². The van der Waals surface area contributed by atoms with Gasteiger partial charge < -0.3 is 14.6 Å². The molecule has 2 atom stereocenters. The standard InChI is InChI=1S/C21H24N2O3/c24-20(19-6-3-13-26-19)22-18-9-7-16(8-10-18)21(25)23-12-11-15-4-1-2-5-17(15)14-23/h3,6-10,13,15,17H,1-2,4-5,11-12,14H2,(H,22,24)/t15-,17+/m0/s1. The third-order valence-electron chi connectivity index (χ3n) is 5.71. The fourth-order valence-electron chi connectivity index (χ4n) is 4.26. The molecule has 26 heavy (non-hydrogen) atoms. The number of furan rings is 1. The van der Waals surface area contributed by atoms with E-state index in [1.807, 2.05) is 4.90 Å². The zero-order chi connectivity index (χ0) is 17.9. The van der Waals surface area contributed by atoms with Crippen molar-refractivity contribution < 1.29 is 14.0 Å². The van der Waals surface area contributed by atoms with Crippen molar-refractivity contribution in [3.05, 3.63) is 54.0 Å². The van der Waals surface area contributed by atoms with Crippen LogP contribution in [-0.4, -0.2) is 29.8 Å². The molecule has 2 amide bonds. The summed E-state index contributed by atoms with van der Waals surface area (Å²) >= 11 is 0. The number of hydrogen-bond acceptors (Lipinski definition) is 3. The van der Waals surface area contributed by atoms with Gasteiger partial charge >= 0.3 is 0 Å². The average Bonchev–Trinajstić information content (AvgIpc) is 3.23. The normalized spacial score (nSPS) is 22.5. The molecule has 5 heteroatoms. The Bertz CT molecular complexity index is 767. The van der Waals surface area contributed by atoms with Crippen LogP contribution in [0.4, 0.5) is 5.69 Å². The zero-order valence-electron chi connectivity index (χ0n) is 14.8. The van der Waals surface area contributed by atoms with Crippen molar-refractivity contribution in [1.82, 2.24) is 4.90 Å². The van der Waals surface area contributed by atoms with Crippen LogP contribution >= 0.6 is 0 Å². The topological polar surface area (TPSA) is 62.6 Å². The second kappa shape index (κ2) is 7.36. The first-order valence-electron chi connectivity index (χ1n) is 9.45. The molecule has 5 nitrogen and oxygen atoms in total. The van der Waals surface area contributed by atoms with Crippen LogP contribution in [0.3, 0.4) is 0 Å². The predicted octanol–water partition coefficient (Wildman–Crippen LogP) is 4.18. The van der Waals surface area contributed by atoms with Crippen LogP contribution in [0.25, 0.3) is 0 Å². The average molecular weight is 352 g/mol. The van der Waals surface area contributed by atoms with Gasteiger partial charge in [-0.2, -0.15) is 0 Å². The molecule has 1 N–H and O–H groups in total. The Labute approximate surface area is 153 Å². The SMILES string of the molecule is O=C(Nc1ccc(C(=O)N2CC[C@@H]3CCCC[C@@H]3C2)cc1)c1ccco1. The van der Waals surface area contributed by atoms with Crippen molar-refractivity contribution in [2.45, 2.75) is 32.1 Å². The molecule has 1 saturated carbocycles. The lowest BCUT2D eigenvalue weighted by Crippen LogP contribution is -2.44. The minimum atomic E-state index is -0.298. The Morgan fingerprint density at radius 2 is 1.77 bits per heavy atom. The molecular weight excluding hydrogens is 328 g/mol. The van der Waals surface area contributed by atoms with Crippen LogP contribution in [0.15, 0.2) is 47.1 Å². The highest BCUT2D eigenvalue weighted by molar-refractivity contribution is 6.02. The molecule has 1 aliphatic carbocycles. The summed E-state index contributed by atoms with van der Waals surface area (Å²) < 4.78 is 5.08. The number of carbonyl (C=O) groups is 2. The van der Waals surface area contributed by atoms with E-state index in [0.29, 0.717) is 17.2 Å². The highest BCUT2D eigenvalue weighted by Crippen LogP contribution is 2.36. The van der Waals surface area contributed by atoms with Gasteiger partial charge in [-0.25, -0.2) is 0 Å². The maximum Gasteiger partial charge on any atom is 0.291 e. The van der Waals surface area contributed by atoms with E-state index >= 15 is 0 Å². The summed E-state index contributed by atoms with van der Waals surface area (Å²) in [4.78, 5) is 26.8. The summed E-state index contributed by atoms with van der Waals surface area (Å²) in [6.45, 7) is 1.75. The Hall–Kier alpha value is -2.56. The molecule has 136 valence electrons. The smallest absolute Gasteiger partial charge is 0.291 e. The minimum absolute atomic E-state index is 0.0953. The molecule has 2 aliphatic rings. The number of fused-ring (bicyclic) bond motifs is 1. The fraction of sp³-hybridized carbons (Fsp3) is 0.429. The van der Waals surface area contributed by atoms with Crippen molar-refractivity contribution >= 4 is 17.5 Å². The van der Waals surface area contributed by atoms with E-state index in [4.69, 9.17) is 4.42 Å². The number of amides is 2. The van der Waals surface area contributed by atoms with Crippen molar-refractivity contribution in [3.8, 4) is 0 Å². The first-order chi connectivity index (χ1) is 12.7. The maximum absolute atomic E-state index is 12.8. The first-order valence-corrected chi connectivity index (χ1v) is 9.45. The lowest BCUT2D eigenvalue weighted by atomic mass is 9.75.